The van der Waals surface area contributed by atoms with Gasteiger partial charge in [-0.1, -0.05) is 11.8 Å². The monoisotopic (exact) mass is 207 g/mol. The molecule has 0 amide bonds. The third-order valence-corrected chi connectivity index (χ3v) is 1.72. The SMILES string of the molecule is C=CN=NNc1cc(OC)ccc1OC. The van der Waals surface area contributed by atoms with E-state index in [9.17, 15) is 0 Å². The van der Waals surface area contributed by atoms with Crippen molar-refractivity contribution in [2.45, 2.75) is 0 Å². The van der Waals surface area contributed by atoms with Gasteiger partial charge in [0.2, 0.25) is 0 Å². The van der Waals surface area contributed by atoms with Crippen molar-refractivity contribution < 1.29 is 9.47 Å². The highest BCUT2D eigenvalue weighted by atomic mass is 16.5. The summed E-state index contributed by atoms with van der Waals surface area (Å²) in [5, 5.41) is 7.24. The first kappa shape index (κ1) is 11.0. The highest BCUT2D eigenvalue weighted by Crippen LogP contribution is 2.28. The van der Waals surface area contributed by atoms with Gasteiger partial charge in [-0.3, -0.25) is 5.43 Å². The zero-order chi connectivity index (χ0) is 11.1. The van der Waals surface area contributed by atoms with E-state index in [0.29, 0.717) is 17.2 Å². The average Bonchev–Trinajstić information content (AvgIpc) is 2.29. The van der Waals surface area contributed by atoms with Crippen LogP contribution in [0.4, 0.5) is 5.69 Å². The molecule has 0 aliphatic carbocycles. The Morgan fingerprint density at radius 2 is 2.13 bits per heavy atom. The van der Waals surface area contributed by atoms with Crippen molar-refractivity contribution in [3.05, 3.63) is 31.0 Å². The smallest absolute Gasteiger partial charge is 0.144 e. The molecule has 0 heterocycles. The second kappa shape index (κ2) is 5.64. The first-order valence-electron chi connectivity index (χ1n) is 4.30. The predicted molar refractivity (Wildman–Crippen MR) is 58.2 cm³/mol. The van der Waals surface area contributed by atoms with E-state index in [1.807, 2.05) is 0 Å². The largest absolute Gasteiger partial charge is 0.497 e. The van der Waals surface area contributed by atoms with E-state index in [2.05, 4.69) is 22.3 Å². The topological polar surface area (TPSA) is 55.2 Å². The van der Waals surface area contributed by atoms with Crippen LogP contribution in [0.25, 0.3) is 0 Å². The molecule has 5 heteroatoms. The van der Waals surface area contributed by atoms with Gasteiger partial charge in [-0.2, -0.15) is 0 Å². The number of ether oxygens (including phenoxy) is 2. The van der Waals surface area contributed by atoms with Crippen molar-refractivity contribution in [3.63, 3.8) is 0 Å². The summed E-state index contributed by atoms with van der Waals surface area (Å²) in [6.07, 6.45) is 1.33. The zero-order valence-electron chi connectivity index (χ0n) is 8.73. The van der Waals surface area contributed by atoms with E-state index in [0.717, 1.165) is 0 Å². The molecule has 0 unspecified atom stereocenters. The van der Waals surface area contributed by atoms with Crippen LogP contribution in [-0.4, -0.2) is 14.2 Å². The molecule has 15 heavy (non-hydrogen) atoms. The average molecular weight is 207 g/mol. The molecule has 1 N–H and O–H groups in total. The number of benzene rings is 1. The summed E-state index contributed by atoms with van der Waals surface area (Å²) in [6.45, 7) is 3.41. The second-order valence-corrected chi connectivity index (χ2v) is 2.58. The fourth-order valence-electron chi connectivity index (χ4n) is 1.02. The lowest BCUT2D eigenvalue weighted by Gasteiger charge is -2.08. The highest BCUT2D eigenvalue weighted by molar-refractivity contribution is 5.59. The van der Waals surface area contributed by atoms with E-state index in [4.69, 9.17) is 9.47 Å². The summed E-state index contributed by atoms with van der Waals surface area (Å²) in [5.74, 6) is 1.38. The number of nitrogens with zero attached hydrogens (tertiary/aromatic N) is 2. The van der Waals surface area contributed by atoms with Crippen molar-refractivity contribution in [2.75, 3.05) is 19.6 Å². The molecule has 1 aromatic carbocycles. The molecular weight excluding hydrogens is 194 g/mol. The second-order valence-electron chi connectivity index (χ2n) is 2.58. The normalized spacial score (nSPS) is 10.0. The summed E-state index contributed by atoms with van der Waals surface area (Å²) in [7, 11) is 3.18. The van der Waals surface area contributed by atoms with Gasteiger partial charge < -0.3 is 9.47 Å². The molecule has 1 aromatic rings. The predicted octanol–water partition coefficient (Wildman–Crippen LogP) is 2.63. The molecule has 80 valence electrons. The third-order valence-electron chi connectivity index (χ3n) is 1.72. The van der Waals surface area contributed by atoms with Crippen LogP contribution in [0.15, 0.2) is 41.3 Å². The minimum absolute atomic E-state index is 0.666. The summed E-state index contributed by atoms with van der Waals surface area (Å²) in [5.41, 5.74) is 3.40. The van der Waals surface area contributed by atoms with Gasteiger partial charge in [0.15, 0.2) is 0 Å². The van der Waals surface area contributed by atoms with Gasteiger partial charge in [-0.15, -0.1) is 5.11 Å². The summed E-state index contributed by atoms with van der Waals surface area (Å²) in [4.78, 5) is 0. The first-order chi connectivity index (χ1) is 7.31. The van der Waals surface area contributed by atoms with E-state index < -0.39 is 0 Å². The lowest BCUT2D eigenvalue weighted by atomic mass is 10.3. The van der Waals surface area contributed by atoms with Crippen molar-refractivity contribution in [1.29, 1.82) is 0 Å². The van der Waals surface area contributed by atoms with E-state index in [1.165, 1.54) is 6.20 Å². The maximum Gasteiger partial charge on any atom is 0.144 e. The molecular formula is C10H13N3O2. The molecule has 0 saturated carbocycles. The van der Waals surface area contributed by atoms with Gasteiger partial charge in [-0.25, -0.2) is 0 Å². The molecule has 1 rings (SSSR count). The van der Waals surface area contributed by atoms with Crippen LogP contribution in [0.3, 0.4) is 0 Å². The van der Waals surface area contributed by atoms with Gasteiger partial charge in [0.1, 0.15) is 17.2 Å². The lowest BCUT2D eigenvalue weighted by molar-refractivity contribution is 0.404. The number of methoxy groups -OCH3 is 2. The Labute approximate surface area is 88.4 Å². The Morgan fingerprint density at radius 3 is 2.73 bits per heavy atom. The molecule has 0 aliphatic heterocycles. The van der Waals surface area contributed by atoms with Crippen LogP contribution >= 0.6 is 0 Å². The van der Waals surface area contributed by atoms with Crippen molar-refractivity contribution in [1.82, 2.24) is 0 Å². The maximum atomic E-state index is 5.13. The van der Waals surface area contributed by atoms with Crippen LogP contribution in [0.1, 0.15) is 0 Å². The number of anilines is 1. The Kier molecular flexibility index (Phi) is 4.15. The summed E-state index contributed by atoms with van der Waals surface area (Å²) >= 11 is 0. The van der Waals surface area contributed by atoms with Gasteiger partial charge in [0, 0.05) is 12.3 Å². The Morgan fingerprint density at radius 1 is 1.33 bits per heavy atom. The summed E-state index contributed by atoms with van der Waals surface area (Å²) < 4.78 is 10.2. The fourth-order valence-corrected chi connectivity index (χ4v) is 1.02. The number of hydrogen-bond acceptors (Lipinski definition) is 4. The van der Waals surface area contributed by atoms with Crippen LogP contribution in [-0.2, 0) is 0 Å². The van der Waals surface area contributed by atoms with Gasteiger partial charge >= 0.3 is 0 Å². The molecule has 0 radical (unpaired) electrons. The zero-order valence-corrected chi connectivity index (χ0v) is 8.73. The molecule has 0 fully saturated rings. The molecule has 0 atom stereocenters. The molecule has 0 bridgehead atoms. The molecule has 0 spiro atoms. The van der Waals surface area contributed by atoms with Crippen molar-refractivity contribution >= 4 is 5.69 Å². The first-order valence-corrected chi connectivity index (χ1v) is 4.30. The van der Waals surface area contributed by atoms with Crippen LogP contribution in [0, 0.1) is 0 Å². The fraction of sp³-hybridized carbons (Fsp3) is 0.200. The number of rotatable bonds is 5. The molecule has 0 aliphatic rings. The van der Waals surface area contributed by atoms with Gasteiger partial charge in [0.25, 0.3) is 0 Å². The number of nitrogens with one attached hydrogen (secondary N) is 1. The van der Waals surface area contributed by atoms with E-state index in [1.54, 1.807) is 32.4 Å². The maximum absolute atomic E-state index is 5.13. The van der Waals surface area contributed by atoms with Crippen molar-refractivity contribution in [2.24, 2.45) is 10.3 Å². The highest BCUT2D eigenvalue weighted by Gasteiger charge is 2.03. The third kappa shape index (κ3) is 2.98. The molecule has 5 nitrogen and oxygen atoms in total. The van der Waals surface area contributed by atoms with Crippen LogP contribution < -0.4 is 14.9 Å². The minimum atomic E-state index is 0.666. The van der Waals surface area contributed by atoms with Crippen molar-refractivity contribution in [3.8, 4) is 11.5 Å². The Hall–Kier alpha value is -2.04. The molecule has 0 saturated heterocycles. The quantitative estimate of drug-likeness (QED) is 0.596. The molecule has 0 aromatic heterocycles. The summed E-state index contributed by atoms with van der Waals surface area (Å²) in [6, 6.07) is 5.35. The van der Waals surface area contributed by atoms with Crippen LogP contribution in [0.5, 0.6) is 11.5 Å². The van der Waals surface area contributed by atoms with Crippen LogP contribution in [0.2, 0.25) is 0 Å². The Bertz CT molecular complexity index is 364. The van der Waals surface area contributed by atoms with Gasteiger partial charge in [-0.05, 0) is 12.1 Å². The minimum Gasteiger partial charge on any atom is -0.497 e. The number of hydrogen-bond donors (Lipinski definition) is 1. The van der Waals surface area contributed by atoms with E-state index in [-0.39, 0.29) is 0 Å². The Balaban J connectivity index is 2.90. The van der Waals surface area contributed by atoms with E-state index >= 15 is 0 Å². The standard InChI is InChI=1S/C10H13N3O2/c1-4-11-13-12-9-7-8(14-2)5-6-10(9)15-3/h4-7H,1H2,2-3H3,(H,11,12). The lowest BCUT2D eigenvalue weighted by Crippen LogP contribution is -1.93. The van der Waals surface area contributed by atoms with Gasteiger partial charge in [0.05, 0.1) is 14.2 Å².